The van der Waals surface area contributed by atoms with Gasteiger partial charge in [-0.3, -0.25) is 4.79 Å². The van der Waals surface area contributed by atoms with Gasteiger partial charge in [-0.1, -0.05) is 36.4 Å². The SMILES string of the molecule is C=CCCCCOC(=O)CCc1ccccc1. The number of allylic oxidation sites excluding steroid dienone is 1. The summed E-state index contributed by atoms with van der Waals surface area (Å²) in [7, 11) is 0. The molecule has 0 aromatic heterocycles. The summed E-state index contributed by atoms with van der Waals surface area (Å²) in [5, 5.41) is 0. The van der Waals surface area contributed by atoms with Gasteiger partial charge < -0.3 is 4.74 Å². The molecule has 0 spiro atoms. The summed E-state index contributed by atoms with van der Waals surface area (Å²) < 4.78 is 5.14. The third kappa shape index (κ3) is 6.56. The van der Waals surface area contributed by atoms with E-state index in [1.165, 1.54) is 5.56 Å². The molecule has 1 aromatic rings. The average molecular weight is 232 g/mol. The second-order valence-corrected chi connectivity index (χ2v) is 3.99. The molecule has 0 fully saturated rings. The summed E-state index contributed by atoms with van der Waals surface area (Å²) in [6.07, 6.45) is 6.05. The fraction of sp³-hybridized carbons (Fsp3) is 0.400. The van der Waals surface area contributed by atoms with Gasteiger partial charge in [-0.25, -0.2) is 0 Å². The molecule has 0 aliphatic carbocycles. The number of benzene rings is 1. The molecule has 17 heavy (non-hydrogen) atoms. The Morgan fingerprint density at radius 1 is 1.24 bits per heavy atom. The molecule has 0 saturated carbocycles. The van der Waals surface area contributed by atoms with Crippen LogP contribution in [0.5, 0.6) is 0 Å². The molecule has 0 saturated heterocycles. The first-order valence-corrected chi connectivity index (χ1v) is 6.13. The fourth-order valence-electron chi connectivity index (χ4n) is 1.54. The van der Waals surface area contributed by atoms with Gasteiger partial charge in [-0.15, -0.1) is 6.58 Å². The normalized spacial score (nSPS) is 9.88. The number of carbonyl (C=O) groups excluding carboxylic acids is 1. The van der Waals surface area contributed by atoms with Gasteiger partial charge in [0.2, 0.25) is 0 Å². The number of aryl methyl sites for hydroxylation is 1. The van der Waals surface area contributed by atoms with E-state index in [1.807, 2.05) is 36.4 Å². The number of hydrogen-bond donors (Lipinski definition) is 0. The van der Waals surface area contributed by atoms with Crippen molar-refractivity contribution in [2.24, 2.45) is 0 Å². The molecule has 92 valence electrons. The maximum atomic E-state index is 11.4. The van der Waals surface area contributed by atoms with Crippen molar-refractivity contribution < 1.29 is 9.53 Å². The summed E-state index contributed by atoms with van der Waals surface area (Å²) in [6.45, 7) is 4.18. The minimum Gasteiger partial charge on any atom is -0.466 e. The zero-order valence-electron chi connectivity index (χ0n) is 10.2. The van der Waals surface area contributed by atoms with Crippen LogP contribution in [0.3, 0.4) is 0 Å². The topological polar surface area (TPSA) is 26.3 Å². The van der Waals surface area contributed by atoms with Gasteiger partial charge in [0.15, 0.2) is 0 Å². The van der Waals surface area contributed by atoms with Gasteiger partial charge in [0.25, 0.3) is 0 Å². The van der Waals surface area contributed by atoms with E-state index in [-0.39, 0.29) is 5.97 Å². The second-order valence-electron chi connectivity index (χ2n) is 3.99. The first-order valence-electron chi connectivity index (χ1n) is 6.13. The van der Waals surface area contributed by atoms with Crippen LogP contribution in [0.15, 0.2) is 43.0 Å². The molecule has 0 aliphatic heterocycles. The van der Waals surface area contributed by atoms with E-state index in [0.717, 1.165) is 25.7 Å². The lowest BCUT2D eigenvalue weighted by atomic mass is 10.1. The van der Waals surface area contributed by atoms with Crippen molar-refractivity contribution >= 4 is 5.97 Å². The number of unbranched alkanes of at least 4 members (excludes halogenated alkanes) is 2. The molecule has 0 amide bonds. The van der Waals surface area contributed by atoms with Crippen molar-refractivity contribution in [3.63, 3.8) is 0 Å². The van der Waals surface area contributed by atoms with E-state index >= 15 is 0 Å². The van der Waals surface area contributed by atoms with E-state index < -0.39 is 0 Å². The minimum atomic E-state index is -0.104. The molecule has 0 bridgehead atoms. The van der Waals surface area contributed by atoms with E-state index in [1.54, 1.807) is 0 Å². The average Bonchev–Trinajstić information content (AvgIpc) is 2.37. The third-order valence-corrected chi connectivity index (χ3v) is 2.53. The Bertz CT molecular complexity index is 330. The zero-order chi connectivity index (χ0) is 12.3. The molecular formula is C15H20O2. The van der Waals surface area contributed by atoms with Crippen LogP contribution in [-0.4, -0.2) is 12.6 Å². The predicted molar refractivity (Wildman–Crippen MR) is 69.8 cm³/mol. The smallest absolute Gasteiger partial charge is 0.306 e. The Hall–Kier alpha value is -1.57. The largest absolute Gasteiger partial charge is 0.466 e. The van der Waals surface area contributed by atoms with Crippen LogP contribution < -0.4 is 0 Å². The Morgan fingerprint density at radius 3 is 2.71 bits per heavy atom. The highest BCUT2D eigenvalue weighted by molar-refractivity contribution is 5.69. The molecule has 0 unspecified atom stereocenters. The quantitative estimate of drug-likeness (QED) is 0.389. The van der Waals surface area contributed by atoms with E-state index in [2.05, 4.69) is 6.58 Å². The van der Waals surface area contributed by atoms with Gasteiger partial charge in [0.1, 0.15) is 0 Å². The molecule has 0 atom stereocenters. The van der Waals surface area contributed by atoms with Gasteiger partial charge in [-0.05, 0) is 31.2 Å². The minimum absolute atomic E-state index is 0.104. The van der Waals surface area contributed by atoms with E-state index in [0.29, 0.717) is 13.0 Å². The number of esters is 1. The lowest BCUT2D eigenvalue weighted by molar-refractivity contribution is -0.143. The summed E-state index contributed by atoms with van der Waals surface area (Å²) >= 11 is 0. The molecular weight excluding hydrogens is 212 g/mol. The summed E-state index contributed by atoms with van der Waals surface area (Å²) in [5.41, 5.74) is 1.18. The van der Waals surface area contributed by atoms with Gasteiger partial charge >= 0.3 is 5.97 Å². The van der Waals surface area contributed by atoms with Crippen molar-refractivity contribution in [2.45, 2.75) is 32.1 Å². The predicted octanol–water partition coefficient (Wildman–Crippen LogP) is 3.52. The number of ether oxygens (including phenoxy) is 1. The van der Waals surface area contributed by atoms with Crippen LogP contribution in [0, 0.1) is 0 Å². The third-order valence-electron chi connectivity index (χ3n) is 2.53. The highest BCUT2D eigenvalue weighted by atomic mass is 16.5. The van der Waals surface area contributed by atoms with Crippen molar-refractivity contribution in [1.82, 2.24) is 0 Å². The Kier molecular flexibility index (Phi) is 6.80. The molecule has 1 aromatic carbocycles. The first kappa shape index (κ1) is 13.5. The zero-order valence-corrected chi connectivity index (χ0v) is 10.2. The van der Waals surface area contributed by atoms with Crippen molar-refractivity contribution in [2.75, 3.05) is 6.61 Å². The molecule has 0 radical (unpaired) electrons. The van der Waals surface area contributed by atoms with Crippen molar-refractivity contribution in [1.29, 1.82) is 0 Å². The Morgan fingerprint density at radius 2 is 2.00 bits per heavy atom. The molecule has 0 aliphatic rings. The van der Waals surface area contributed by atoms with Crippen molar-refractivity contribution in [3.05, 3.63) is 48.6 Å². The summed E-state index contributed by atoms with van der Waals surface area (Å²) in [6, 6.07) is 9.99. The molecule has 2 nitrogen and oxygen atoms in total. The molecule has 1 rings (SSSR count). The van der Waals surface area contributed by atoms with Gasteiger partial charge in [-0.2, -0.15) is 0 Å². The standard InChI is InChI=1S/C15H20O2/c1-2-3-4-8-13-17-15(16)12-11-14-9-6-5-7-10-14/h2,5-7,9-10H,1,3-4,8,11-13H2. The van der Waals surface area contributed by atoms with Crippen LogP contribution in [0.25, 0.3) is 0 Å². The lowest BCUT2D eigenvalue weighted by Gasteiger charge is -2.04. The highest BCUT2D eigenvalue weighted by Crippen LogP contribution is 2.04. The number of carbonyl (C=O) groups is 1. The molecule has 2 heteroatoms. The van der Waals surface area contributed by atoms with Crippen LogP contribution in [-0.2, 0) is 16.0 Å². The Balaban J connectivity index is 2.07. The van der Waals surface area contributed by atoms with Crippen LogP contribution >= 0.6 is 0 Å². The van der Waals surface area contributed by atoms with E-state index in [9.17, 15) is 4.79 Å². The summed E-state index contributed by atoms with van der Waals surface area (Å²) in [5.74, 6) is -0.104. The fourth-order valence-corrected chi connectivity index (χ4v) is 1.54. The molecule has 0 heterocycles. The highest BCUT2D eigenvalue weighted by Gasteiger charge is 2.02. The van der Waals surface area contributed by atoms with Gasteiger partial charge in [0.05, 0.1) is 6.61 Å². The summed E-state index contributed by atoms with van der Waals surface area (Å²) in [4.78, 5) is 11.4. The lowest BCUT2D eigenvalue weighted by Crippen LogP contribution is -2.07. The van der Waals surface area contributed by atoms with E-state index in [4.69, 9.17) is 4.74 Å². The van der Waals surface area contributed by atoms with Crippen LogP contribution in [0.1, 0.15) is 31.2 Å². The first-order chi connectivity index (χ1) is 8.33. The van der Waals surface area contributed by atoms with Crippen LogP contribution in [0.4, 0.5) is 0 Å². The monoisotopic (exact) mass is 232 g/mol. The maximum Gasteiger partial charge on any atom is 0.306 e. The Labute approximate surface area is 103 Å². The van der Waals surface area contributed by atoms with Crippen molar-refractivity contribution in [3.8, 4) is 0 Å². The number of rotatable bonds is 8. The number of hydrogen-bond acceptors (Lipinski definition) is 2. The molecule has 0 N–H and O–H groups in total. The maximum absolute atomic E-state index is 11.4. The van der Waals surface area contributed by atoms with Crippen LogP contribution in [0.2, 0.25) is 0 Å². The van der Waals surface area contributed by atoms with Gasteiger partial charge in [0, 0.05) is 6.42 Å². The second kappa shape index (κ2) is 8.57.